The van der Waals surface area contributed by atoms with Crippen LogP contribution in [0.25, 0.3) is 0 Å². The lowest BCUT2D eigenvalue weighted by Gasteiger charge is -2.33. The van der Waals surface area contributed by atoms with E-state index in [4.69, 9.17) is 4.74 Å². The molecular formula is C17H27NO. The molecule has 0 fully saturated rings. The molecule has 19 heavy (non-hydrogen) atoms. The zero-order valence-corrected chi connectivity index (χ0v) is 12.8. The van der Waals surface area contributed by atoms with Crippen molar-refractivity contribution in [2.24, 2.45) is 0 Å². The van der Waals surface area contributed by atoms with Gasteiger partial charge in [0.15, 0.2) is 0 Å². The van der Waals surface area contributed by atoms with Crippen LogP contribution in [-0.2, 0) is 6.42 Å². The molecule has 2 rings (SSSR count). The normalized spacial score (nSPS) is 18.2. The van der Waals surface area contributed by atoms with Gasteiger partial charge < -0.3 is 10.1 Å². The zero-order chi connectivity index (χ0) is 13.9. The van der Waals surface area contributed by atoms with Crippen LogP contribution in [0.4, 0.5) is 0 Å². The number of hydrogen-bond acceptors (Lipinski definition) is 2. The fraction of sp³-hybridized carbons (Fsp3) is 0.647. The molecule has 0 saturated carbocycles. The van der Waals surface area contributed by atoms with Gasteiger partial charge in [0.1, 0.15) is 11.9 Å². The minimum Gasteiger partial charge on any atom is -0.488 e. The predicted molar refractivity (Wildman–Crippen MR) is 80.9 cm³/mol. The Kier molecular flexibility index (Phi) is 4.51. The Morgan fingerprint density at radius 1 is 1.21 bits per heavy atom. The van der Waals surface area contributed by atoms with Gasteiger partial charge in [-0.25, -0.2) is 0 Å². The van der Waals surface area contributed by atoms with E-state index in [9.17, 15) is 0 Å². The van der Waals surface area contributed by atoms with Crippen LogP contribution in [0.5, 0.6) is 5.75 Å². The fourth-order valence-electron chi connectivity index (χ4n) is 3.02. The quantitative estimate of drug-likeness (QED) is 0.839. The van der Waals surface area contributed by atoms with Crippen molar-refractivity contribution in [1.29, 1.82) is 0 Å². The van der Waals surface area contributed by atoms with Crippen molar-refractivity contribution in [2.45, 2.75) is 65.0 Å². The number of ether oxygens (including phenoxy) is 1. The van der Waals surface area contributed by atoms with Gasteiger partial charge in [-0.3, -0.25) is 0 Å². The van der Waals surface area contributed by atoms with Gasteiger partial charge in [-0.1, -0.05) is 38.5 Å². The summed E-state index contributed by atoms with van der Waals surface area (Å²) in [5.41, 5.74) is 2.97. The van der Waals surface area contributed by atoms with Gasteiger partial charge in [-0.2, -0.15) is 0 Å². The Bertz CT molecular complexity index is 415. The van der Waals surface area contributed by atoms with Crippen molar-refractivity contribution in [3.8, 4) is 5.75 Å². The van der Waals surface area contributed by atoms with Crippen molar-refractivity contribution >= 4 is 0 Å². The van der Waals surface area contributed by atoms with Crippen LogP contribution in [0.2, 0.25) is 0 Å². The first-order chi connectivity index (χ1) is 9.12. The van der Waals surface area contributed by atoms with Gasteiger partial charge in [0.25, 0.3) is 0 Å². The second kappa shape index (κ2) is 5.96. The maximum Gasteiger partial charge on any atom is 0.123 e. The van der Waals surface area contributed by atoms with E-state index in [0.29, 0.717) is 6.10 Å². The summed E-state index contributed by atoms with van der Waals surface area (Å²) >= 11 is 0. The molecule has 0 aliphatic carbocycles. The monoisotopic (exact) mass is 261 g/mol. The molecule has 0 amide bonds. The van der Waals surface area contributed by atoms with E-state index >= 15 is 0 Å². The average Bonchev–Trinajstić information content (AvgIpc) is 2.83. The molecule has 106 valence electrons. The molecule has 0 radical (unpaired) electrons. The van der Waals surface area contributed by atoms with E-state index < -0.39 is 0 Å². The van der Waals surface area contributed by atoms with Gasteiger partial charge in [-0.15, -0.1) is 0 Å². The van der Waals surface area contributed by atoms with E-state index in [1.165, 1.54) is 30.4 Å². The van der Waals surface area contributed by atoms with E-state index in [-0.39, 0.29) is 5.54 Å². The molecule has 0 aromatic heterocycles. The molecule has 1 atom stereocenters. The van der Waals surface area contributed by atoms with Crippen molar-refractivity contribution in [3.05, 3.63) is 29.3 Å². The Morgan fingerprint density at radius 3 is 2.53 bits per heavy atom. The number of fused-ring (bicyclic) bond motifs is 1. The van der Waals surface area contributed by atoms with Gasteiger partial charge in [0, 0.05) is 18.5 Å². The molecule has 0 spiro atoms. The van der Waals surface area contributed by atoms with Gasteiger partial charge in [-0.05, 0) is 37.8 Å². The molecule has 1 aliphatic rings. The maximum atomic E-state index is 6.03. The summed E-state index contributed by atoms with van der Waals surface area (Å²) in [5.74, 6) is 1.08. The third kappa shape index (κ3) is 3.11. The van der Waals surface area contributed by atoms with E-state index in [1.807, 2.05) is 0 Å². The molecule has 0 bridgehead atoms. The highest BCUT2D eigenvalue weighted by molar-refractivity contribution is 5.40. The van der Waals surface area contributed by atoms with Crippen LogP contribution in [0.15, 0.2) is 18.2 Å². The molecule has 1 heterocycles. The smallest absolute Gasteiger partial charge is 0.123 e. The third-order valence-corrected chi connectivity index (χ3v) is 4.69. The second-order valence-electron chi connectivity index (χ2n) is 5.78. The maximum absolute atomic E-state index is 6.03. The fourth-order valence-corrected chi connectivity index (χ4v) is 3.02. The molecule has 1 aromatic rings. The van der Waals surface area contributed by atoms with Crippen LogP contribution >= 0.6 is 0 Å². The highest BCUT2D eigenvalue weighted by atomic mass is 16.5. The summed E-state index contributed by atoms with van der Waals surface area (Å²) in [4.78, 5) is 0. The first-order valence-electron chi connectivity index (χ1n) is 7.63. The first kappa shape index (κ1) is 14.4. The number of nitrogens with one attached hydrogen (secondary N) is 1. The van der Waals surface area contributed by atoms with Crippen LogP contribution < -0.4 is 10.1 Å². The minimum absolute atomic E-state index is 0.286. The average molecular weight is 261 g/mol. The Morgan fingerprint density at radius 2 is 1.89 bits per heavy atom. The molecule has 1 aromatic carbocycles. The zero-order valence-electron chi connectivity index (χ0n) is 12.8. The topological polar surface area (TPSA) is 21.3 Å². The number of hydrogen-bond donors (Lipinski definition) is 1. The minimum atomic E-state index is 0.286. The van der Waals surface area contributed by atoms with Crippen LogP contribution in [0.3, 0.4) is 0 Å². The largest absolute Gasteiger partial charge is 0.488 e. The summed E-state index contributed by atoms with van der Waals surface area (Å²) < 4.78 is 6.03. The Labute approximate surface area is 117 Å². The molecule has 2 heteroatoms. The summed E-state index contributed by atoms with van der Waals surface area (Å²) in [6, 6.07) is 6.49. The molecule has 1 unspecified atom stereocenters. The SMILES string of the molecule is CCC(CC)(CC)NCC1Cc2cc(C)ccc2O1. The van der Waals surface area contributed by atoms with Crippen molar-refractivity contribution < 1.29 is 4.74 Å². The van der Waals surface area contributed by atoms with E-state index in [0.717, 1.165) is 18.7 Å². The summed E-state index contributed by atoms with van der Waals surface area (Å²) in [7, 11) is 0. The molecule has 0 saturated heterocycles. The molecular weight excluding hydrogens is 234 g/mol. The van der Waals surface area contributed by atoms with E-state index in [1.54, 1.807) is 0 Å². The van der Waals surface area contributed by atoms with Crippen LogP contribution in [0, 0.1) is 6.92 Å². The third-order valence-electron chi connectivity index (χ3n) is 4.69. The number of rotatable bonds is 6. The molecule has 1 N–H and O–H groups in total. The standard InChI is InChI=1S/C17H27NO/c1-5-17(6-2,7-3)18-12-15-11-14-10-13(4)8-9-16(14)19-15/h8-10,15,18H,5-7,11-12H2,1-4H3. The van der Waals surface area contributed by atoms with Crippen molar-refractivity contribution in [3.63, 3.8) is 0 Å². The van der Waals surface area contributed by atoms with Gasteiger partial charge >= 0.3 is 0 Å². The first-order valence-corrected chi connectivity index (χ1v) is 7.63. The van der Waals surface area contributed by atoms with Crippen LogP contribution in [-0.4, -0.2) is 18.2 Å². The predicted octanol–water partition coefficient (Wildman–Crippen LogP) is 3.86. The van der Waals surface area contributed by atoms with Crippen LogP contribution in [0.1, 0.15) is 51.2 Å². The highest BCUT2D eigenvalue weighted by Gasteiger charge is 2.28. The van der Waals surface area contributed by atoms with Crippen molar-refractivity contribution in [2.75, 3.05) is 6.54 Å². The van der Waals surface area contributed by atoms with Gasteiger partial charge in [0.2, 0.25) is 0 Å². The summed E-state index contributed by atoms with van der Waals surface area (Å²) in [6.07, 6.45) is 4.87. The Hall–Kier alpha value is -1.02. The lowest BCUT2D eigenvalue weighted by molar-refractivity contribution is 0.191. The number of aryl methyl sites for hydroxylation is 1. The van der Waals surface area contributed by atoms with E-state index in [2.05, 4.69) is 51.2 Å². The highest BCUT2D eigenvalue weighted by Crippen LogP contribution is 2.29. The lowest BCUT2D eigenvalue weighted by atomic mass is 9.89. The summed E-state index contributed by atoms with van der Waals surface area (Å²) in [5, 5.41) is 3.75. The second-order valence-corrected chi connectivity index (χ2v) is 5.78. The van der Waals surface area contributed by atoms with Gasteiger partial charge in [0.05, 0.1) is 0 Å². The number of benzene rings is 1. The van der Waals surface area contributed by atoms with Crippen molar-refractivity contribution in [1.82, 2.24) is 5.32 Å². The molecule has 2 nitrogen and oxygen atoms in total. The molecule has 1 aliphatic heterocycles. The summed E-state index contributed by atoms with van der Waals surface area (Å²) in [6.45, 7) is 9.90. The Balaban J connectivity index is 1.93. The lowest BCUT2D eigenvalue weighted by Crippen LogP contribution is -2.47.